The van der Waals surface area contributed by atoms with Crippen molar-refractivity contribution >= 4 is 24.2 Å². The highest BCUT2D eigenvalue weighted by molar-refractivity contribution is 5.95. The van der Waals surface area contributed by atoms with Gasteiger partial charge in [0.15, 0.2) is 0 Å². The second kappa shape index (κ2) is 10.8. The number of nitrogens with zero attached hydrogens (tertiary/aromatic N) is 2. The van der Waals surface area contributed by atoms with E-state index in [1.54, 1.807) is 60.7 Å². The van der Waals surface area contributed by atoms with Gasteiger partial charge in [-0.1, -0.05) is 0 Å². The molecular formula is C26H22N4O5. The van der Waals surface area contributed by atoms with Gasteiger partial charge in [0.1, 0.15) is 34.5 Å². The van der Waals surface area contributed by atoms with Crippen LogP contribution in [0, 0.1) is 13.8 Å². The number of hydrogen-bond acceptors (Lipinski definition) is 7. The zero-order chi connectivity index (χ0) is 24.6. The molecule has 0 unspecified atom stereocenters. The number of nitrogens with one attached hydrogen (secondary N) is 2. The second-order valence-electron chi connectivity index (χ2n) is 7.45. The van der Waals surface area contributed by atoms with Gasteiger partial charge in [-0.05, 0) is 86.6 Å². The van der Waals surface area contributed by atoms with Crippen molar-refractivity contribution in [1.82, 2.24) is 10.9 Å². The normalized spacial score (nSPS) is 11.1. The molecule has 0 saturated heterocycles. The maximum absolute atomic E-state index is 12.2. The molecule has 2 aromatic heterocycles. The molecule has 9 nitrogen and oxygen atoms in total. The molecule has 0 aliphatic rings. The minimum atomic E-state index is -0.365. The number of aryl methyl sites for hydroxylation is 2. The van der Waals surface area contributed by atoms with Gasteiger partial charge in [0.05, 0.1) is 12.4 Å². The van der Waals surface area contributed by atoms with E-state index in [1.807, 2.05) is 26.0 Å². The quantitative estimate of drug-likeness (QED) is 0.283. The van der Waals surface area contributed by atoms with Crippen LogP contribution in [0.2, 0.25) is 0 Å². The average molecular weight is 470 g/mol. The van der Waals surface area contributed by atoms with E-state index < -0.39 is 0 Å². The molecule has 2 heterocycles. The fraction of sp³-hybridized carbons (Fsp3) is 0.0769. The molecule has 2 amide bonds. The van der Waals surface area contributed by atoms with Crippen molar-refractivity contribution in [3.8, 4) is 11.5 Å². The Morgan fingerprint density at radius 2 is 1.06 bits per heavy atom. The Bertz CT molecular complexity index is 1260. The summed E-state index contributed by atoms with van der Waals surface area (Å²) in [4.78, 5) is 24.4. The smallest absolute Gasteiger partial charge is 0.271 e. The van der Waals surface area contributed by atoms with Crippen LogP contribution in [0.15, 0.2) is 91.8 Å². The van der Waals surface area contributed by atoms with Gasteiger partial charge in [-0.25, -0.2) is 10.9 Å². The number of ether oxygens (including phenoxy) is 1. The van der Waals surface area contributed by atoms with Crippen molar-refractivity contribution < 1.29 is 23.2 Å². The highest BCUT2D eigenvalue weighted by Crippen LogP contribution is 2.22. The second-order valence-corrected chi connectivity index (χ2v) is 7.45. The van der Waals surface area contributed by atoms with Crippen molar-refractivity contribution in [2.24, 2.45) is 10.2 Å². The van der Waals surface area contributed by atoms with Crippen molar-refractivity contribution in [3.05, 3.63) is 107 Å². The lowest BCUT2D eigenvalue weighted by molar-refractivity contribution is 0.0947. The SMILES string of the molecule is Cc1ccc(/C=N/NC(=O)c2ccc(Oc3ccc(C(=O)N/N=C/c4ccc(C)o4)cc3)cc2)o1. The predicted molar refractivity (Wildman–Crippen MR) is 130 cm³/mol. The zero-order valence-electron chi connectivity index (χ0n) is 19.0. The molecular weight excluding hydrogens is 448 g/mol. The largest absolute Gasteiger partial charge is 0.460 e. The van der Waals surface area contributed by atoms with E-state index in [2.05, 4.69) is 21.1 Å². The van der Waals surface area contributed by atoms with Crippen LogP contribution in [0.3, 0.4) is 0 Å². The zero-order valence-corrected chi connectivity index (χ0v) is 19.0. The van der Waals surface area contributed by atoms with Gasteiger partial charge in [-0.15, -0.1) is 0 Å². The van der Waals surface area contributed by atoms with E-state index in [-0.39, 0.29) is 11.8 Å². The highest BCUT2D eigenvalue weighted by Gasteiger charge is 2.07. The molecule has 2 aromatic carbocycles. The number of hydrogen-bond donors (Lipinski definition) is 2. The summed E-state index contributed by atoms with van der Waals surface area (Å²) in [6, 6.07) is 20.3. The first-order valence-corrected chi connectivity index (χ1v) is 10.6. The molecule has 0 fully saturated rings. The van der Waals surface area contributed by atoms with Crippen LogP contribution in [-0.2, 0) is 0 Å². The summed E-state index contributed by atoms with van der Waals surface area (Å²) in [5.74, 6) is 2.96. The van der Waals surface area contributed by atoms with Crippen LogP contribution in [0.5, 0.6) is 11.5 Å². The van der Waals surface area contributed by atoms with Crippen LogP contribution in [0.4, 0.5) is 0 Å². The summed E-state index contributed by atoms with van der Waals surface area (Å²) in [7, 11) is 0. The average Bonchev–Trinajstić information content (AvgIpc) is 3.47. The number of carbonyl (C=O) groups excluding carboxylic acids is 2. The first-order valence-electron chi connectivity index (χ1n) is 10.6. The number of furan rings is 2. The topological polar surface area (TPSA) is 118 Å². The Morgan fingerprint density at radius 3 is 1.40 bits per heavy atom. The van der Waals surface area contributed by atoms with Crippen LogP contribution in [0.1, 0.15) is 43.8 Å². The lowest BCUT2D eigenvalue weighted by atomic mass is 10.2. The van der Waals surface area contributed by atoms with Gasteiger partial charge >= 0.3 is 0 Å². The first-order chi connectivity index (χ1) is 17.0. The number of hydrazone groups is 2. The van der Waals surface area contributed by atoms with Crippen LogP contribution in [0.25, 0.3) is 0 Å². The lowest BCUT2D eigenvalue weighted by Crippen LogP contribution is -2.17. The molecule has 4 aromatic rings. The summed E-state index contributed by atoms with van der Waals surface area (Å²) >= 11 is 0. The molecule has 0 atom stereocenters. The summed E-state index contributed by atoms with van der Waals surface area (Å²) in [5, 5.41) is 7.77. The van der Waals surface area contributed by atoms with Crippen LogP contribution in [-0.4, -0.2) is 24.2 Å². The summed E-state index contributed by atoms with van der Waals surface area (Å²) in [6.07, 6.45) is 2.86. The monoisotopic (exact) mass is 470 g/mol. The maximum Gasteiger partial charge on any atom is 0.271 e. The van der Waals surface area contributed by atoms with Gasteiger partial charge in [0.25, 0.3) is 11.8 Å². The Hall–Kier alpha value is -4.92. The van der Waals surface area contributed by atoms with Gasteiger partial charge < -0.3 is 13.6 Å². The lowest BCUT2D eigenvalue weighted by Gasteiger charge is -2.07. The van der Waals surface area contributed by atoms with Crippen molar-refractivity contribution in [2.45, 2.75) is 13.8 Å². The number of rotatable bonds is 8. The molecule has 2 N–H and O–H groups in total. The first kappa shape index (κ1) is 23.2. The summed E-state index contributed by atoms with van der Waals surface area (Å²) in [5.41, 5.74) is 5.73. The minimum absolute atomic E-state index is 0.365. The molecule has 176 valence electrons. The molecule has 0 radical (unpaired) electrons. The molecule has 0 spiro atoms. The Balaban J connectivity index is 1.28. The van der Waals surface area contributed by atoms with Gasteiger partial charge in [-0.3, -0.25) is 9.59 Å². The van der Waals surface area contributed by atoms with Crippen molar-refractivity contribution in [3.63, 3.8) is 0 Å². The molecule has 0 aliphatic carbocycles. The van der Waals surface area contributed by atoms with Crippen molar-refractivity contribution in [1.29, 1.82) is 0 Å². The third-order valence-electron chi connectivity index (χ3n) is 4.71. The molecule has 4 rings (SSSR count). The van der Waals surface area contributed by atoms with Gasteiger partial charge in [0, 0.05) is 11.1 Å². The van der Waals surface area contributed by atoms with Crippen molar-refractivity contribution in [2.75, 3.05) is 0 Å². The fourth-order valence-electron chi connectivity index (χ4n) is 2.97. The van der Waals surface area contributed by atoms with E-state index in [4.69, 9.17) is 13.6 Å². The molecule has 35 heavy (non-hydrogen) atoms. The molecule has 9 heteroatoms. The molecule has 0 bridgehead atoms. The predicted octanol–water partition coefficient (Wildman–Crippen LogP) is 4.81. The molecule has 0 saturated carbocycles. The van der Waals surface area contributed by atoms with E-state index in [0.29, 0.717) is 34.1 Å². The number of amides is 2. The van der Waals surface area contributed by atoms with E-state index in [9.17, 15) is 9.59 Å². The Morgan fingerprint density at radius 1 is 0.657 bits per heavy atom. The van der Waals surface area contributed by atoms with E-state index in [1.165, 1.54) is 12.4 Å². The maximum atomic E-state index is 12.2. The fourth-order valence-corrected chi connectivity index (χ4v) is 2.97. The van der Waals surface area contributed by atoms with E-state index in [0.717, 1.165) is 11.5 Å². The van der Waals surface area contributed by atoms with E-state index >= 15 is 0 Å². The standard InChI is InChI=1S/C26H22N4O5/c1-17-3-9-23(33-17)15-27-29-25(31)19-5-11-21(12-6-19)35-22-13-7-20(8-14-22)26(32)30-28-16-24-10-4-18(2)34-24/h3-16H,1-2H3,(H,29,31)(H,30,32)/b27-15+,28-16+. The number of carbonyl (C=O) groups is 2. The van der Waals surface area contributed by atoms with Crippen LogP contribution < -0.4 is 15.6 Å². The summed E-state index contributed by atoms with van der Waals surface area (Å²) < 4.78 is 16.5. The van der Waals surface area contributed by atoms with Crippen LogP contribution >= 0.6 is 0 Å². The number of benzene rings is 2. The molecule has 0 aliphatic heterocycles. The minimum Gasteiger partial charge on any atom is -0.460 e. The Kier molecular flexibility index (Phi) is 7.17. The third kappa shape index (κ3) is 6.55. The van der Waals surface area contributed by atoms with Gasteiger partial charge in [-0.2, -0.15) is 10.2 Å². The summed E-state index contributed by atoms with van der Waals surface area (Å²) in [6.45, 7) is 3.65. The highest BCUT2D eigenvalue weighted by atomic mass is 16.5. The Labute approximate surface area is 201 Å². The van der Waals surface area contributed by atoms with Gasteiger partial charge in [0.2, 0.25) is 0 Å². The third-order valence-corrected chi connectivity index (χ3v) is 4.71.